The van der Waals surface area contributed by atoms with Crippen LogP contribution in [0.1, 0.15) is 35.5 Å². The number of benzene rings is 1. The van der Waals surface area contributed by atoms with Gasteiger partial charge in [0.2, 0.25) is 5.95 Å². The van der Waals surface area contributed by atoms with E-state index in [2.05, 4.69) is 4.98 Å². The lowest BCUT2D eigenvalue weighted by Crippen LogP contribution is -2.31. The van der Waals surface area contributed by atoms with Gasteiger partial charge in [-0.1, -0.05) is 23.7 Å². The number of hydrogen-bond acceptors (Lipinski definition) is 4. The molecule has 2 heterocycles. The summed E-state index contributed by atoms with van der Waals surface area (Å²) in [5, 5.41) is 0.624. The molecule has 2 N–H and O–H groups in total. The van der Waals surface area contributed by atoms with Gasteiger partial charge in [-0.05, 0) is 31.5 Å². The third-order valence-corrected chi connectivity index (χ3v) is 4.21. The quantitative estimate of drug-likeness (QED) is 0.900. The molecule has 1 aliphatic heterocycles. The van der Waals surface area contributed by atoms with Gasteiger partial charge in [0, 0.05) is 11.1 Å². The fourth-order valence-corrected chi connectivity index (χ4v) is 2.78. The van der Waals surface area contributed by atoms with Gasteiger partial charge in [0.1, 0.15) is 5.69 Å². The third-order valence-electron chi connectivity index (χ3n) is 3.96. The summed E-state index contributed by atoms with van der Waals surface area (Å²) in [6.07, 6.45) is 0. The van der Waals surface area contributed by atoms with Gasteiger partial charge in [-0.15, -0.1) is 12.4 Å². The number of carbonyl (C=O) groups excluding carboxylic acids is 1. The molecule has 0 spiro atoms. The van der Waals surface area contributed by atoms with Crippen LogP contribution in [0.5, 0.6) is 0 Å². The van der Waals surface area contributed by atoms with E-state index in [0.717, 1.165) is 5.56 Å². The van der Waals surface area contributed by atoms with E-state index in [4.69, 9.17) is 17.3 Å². The Morgan fingerprint density at radius 3 is 2.46 bits per heavy atom. The number of fused-ring (bicyclic) bond motifs is 1. The maximum Gasteiger partial charge on any atom is 0.273 e. The second kappa shape index (κ2) is 6.83. The minimum atomic E-state index is -0.265. The van der Waals surface area contributed by atoms with E-state index in [1.54, 1.807) is 17.0 Å². The molecule has 6 nitrogen and oxygen atoms in total. The van der Waals surface area contributed by atoms with E-state index in [9.17, 15) is 9.59 Å². The first kappa shape index (κ1) is 18.3. The second-order valence-corrected chi connectivity index (χ2v) is 6.28. The highest BCUT2D eigenvalue weighted by Crippen LogP contribution is 2.21. The summed E-state index contributed by atoms with van der Waals surface area (Å²) in [5.41, 5.74) is 7.11. The lowest BCUT2D eigenvalue weighted by atomic mass is 10.2. The van der Waals surface area contributed by atoms with Crippen LogP contribution < -0.4 is 11.3 Å². The number of hydrogen-bond donors (Lipinski definition) is 1. The molecule has 0 bridgehead atoms. The van der Waals surface area contributed by atoms with Gasteiger partial charge in [-0.3, -0.25) is 14.2 Å². The third kappa shape index (κ3) is 3.12. The molecule has 0 unspecified atom stereocenters. The van der Waals surface area contributed by atoms with Crippen molar-refractivity contribution in [3.05, 3.63) is 56.5 Å². The van der Waals surface area contributed by atoms with Crippen molar-refractivity contribution in [1.82, 2.24) is 14.5 Å². The minimum Gasteiger partial charge on any atom is -0.369 e. The van der Waals surface area contributed by atoms with E-state index < -0.39 is 0 Å². The Morgan fingerprint density at radius 2 is 1.88 bits per heavy atom. The van der Waals surface area contributed by atoms with Crippen LogP contribution in [-0.4, -0.2) is 26.4 Å². The number of rotatable bonds is 3. The van der Waals surface area contributed by atoms with Crippen LogP contribution in [0, 0.1) is 0 Å². The number of halogens is 2. The van der Waals surface area contributed by atoms with Crippen LogP contribution in [0.3, 0.4) is 0 Å². The molecule has 0 radical (unpaired) electrons. The van der Waals surface area contributed by atoms with Gasteiger partial charge >= 0.3 is 0 Å². The molecule has 2 aromatic rings. The first-order valence-electron chi connectivity index (χ1n) is 7.33. The van der Waals surface area contributed by atoms with E-state index in [-0.39, 0.29) is 54.6 Å². The molecule has 24 heavy (non-hydrogen) atoms. The number of nitrogens with two attached hydrogens (primary N) is 1. The van der Waals surface area contributed by atoms with E-state index in [1.807, 2.05) is 26.0 Å². The molecule has 128 valence electrons. The Kier molecular flexibility index (Phi) is 5.20. The highest BCUT2D eigenvalue weighted by Gasteiger charge is 2.34. The second-order valence-electron chi connectivity index (χ2n) is 5.84. The molecular formula is C16H18Cl2N4O2. The van der Waals surface area contributed by atoms with Crippen molar-refractivity contribution in [2.75, 3.05) is 5.73 Å². The first-order chi connectivity index (χ1) is 10.9. The number of anilines is 1. The van der Waals surface area contributed by atoms with Gasteiger partial charge in [-0.2, -0.15) is 0 Å². The molecule has 0 atom stereocenters. The summed E-state index contributed by atoms with van der Waals surface area (Å²) in [6.45, 7) is 4.37. The van der Waals surface area contributed by atoms with Crippen molar-refractivity contribution in [2.24, 2.45) is 0 Å². The summed E-state index contributed by atoms with van der Waals surface area (Å²) >= 11 is 5.87. The topological polar surface area (TPSA) is 81.2 Å². The van der Waals surface area contributed by atoms with Crippen LogP contribution in [0.2, 0.25) is 5.02 Å². The zero-order valence-electron chi connectivity index (χ0n) is 13.3. The van der Waals surface area contributed by atoms with E-state index >= 15 is 0 Å². The van der Waals surface area contributed by atoms with Crippen molar-refractivity contribution in [3.8, 4) is 0 Å². The average molecular weight is 369 g/mol. The van der Waals surface area contributed by atoms with Crippen molar-refractivity contribution in [2.45, 2.75) is 33.0 Å². The molecule has 1 aliphatic rings. The largest absolute Gasteiger partial charge is 0.369 e. The van der Waals surface area contributed by atoms with E-state index in [1.165, 1.54) is 4.57 Å². The standard InChI is InChI=1S/C16H17ClN4O2.ClH/c1-9(2)20-8-12-13(15(20)23)19-16(18)21(14(12)22)7-10-3-5-11(17)6-4-10;/h3-6,9H,7-8H2,1-2H3,(H2,18,19);1H. The Labute approximate surface area is 150 Å². The highest BCUT2D eigenvalue weighted by atomic mass is 35.5. The number of carbonyl (C=O) groups is 1. The van der Waals surface area contributed by atoms with Crippen molar-refractivity contribution < 1.29 is 4.79 Å². The summed E-state index contributed by atoms with van der Waals surface area (Å²) in [6, 6.07) is 7.16. The number of amides is 1. The molecule has 8 heteroatoms. The normalized spacial score (nSPS) is 13.2. The minimum absolute atomic E-state index is 0. The Morgan fingerprint density at radius 1 is 1.25 bits per heavy atom. The molecule has 0 aliphatic carbocycles. The molecule has 0 saturated carbocycles. The SMILES string of the molecule is CC(C)N1Cc2c(nc(N)n(Cc3ccc(Cl)cc3)c2=O)C1=O.Cl. The lowest BCUT2D eigenvalue weighted by Gasteiger charge is -2.19. The molecule has 3 rings (SSSR count). The van der Waals surface area contributed by atoms with Crippen molar-refractivity contribution in [3.63, 3.8) is 0 Å². The summed E-state index contributed by atoms with van der Waals surface area (Å²) in [7, 11) is 0. The Hall–Kier alpha value is -2.05. The Balaban J connectivity index is 0.00000208. The smallest absolute Gasteiger partial charge is 0.273 e. The summed E-state index contributed by atoms with van der Waals surface area (Å²) < 4.78 is 1.39. The van der Waals surface area contributed by atoms with Gasteiger partial charge in [-0.25, -0.2) is 4.98 Å². The van der Waals surface area contributed by atoms with Crippen LogP contribution in [-0.2, 0) is 13.1 Å². The maximum absolute atomic E-state index is 12.7. The van der Waals surface area contributed by atoms with Gasteiger partial charge in [0.05, 0.1) is 18.7 Å². The van der Waals surface area contributed by atoms with Gasteiger partial charge in [0.15, 0.2) is 0 Å². The summed E-state index contributed by atoms with van der Waals surface area (Å²) in [4.78, 5) is 30.8. The lowest BCUT2D eigenvalue weighted by molar-refractivity contribution is 0.0726. The molecule has 1 amide bonds. The van der Waals surface area contributed by atoms with Gasteiger partial charge in [0.25, 0.3) is 11.5 Å². The molecular weight excluding hydrogens is 351 g/mol. The summed E-state index contributed by atoms with van der Waals surface area (Å²) in [5.74, 6) is -0.194. The van der Waals surface area contributed by atoms with Crippen molar-refractivity contribution in [1.29, 1.82) is 0 Å². The monoisotopic (exact) mass is 368 g/mol. The van der Waals surface area contributed by atoms with Crippen LogP contribution in [0.15, 0.2) is 29.1 Å². The fraction of sp³-hybridized carbons (Fsp3) is 0.312. The zero-order valence-corrected chi connectivity index (χ0v) is 14.9. The predicted octanol–water partition coefficient (Wildman–Crippen LogP) is 2.31. The number of aromatic nitrogens is 2. The first-order valence-corrected chi connectivity index (χ1v) is 7.71. The van der Waals surface area contributed by atoms with Gasteiger partial charge < -0.3 is 10.6 Å². The van der Waals surface area contributed by atoms with Crippen LogP contribution >= 0.6 is 24.0 Å². The van der Waals surface area contributed by atoms with Crippen molar-refractivity contribution >= 4 is 35.9 Å². The number of nitrogen functional groups attached to an aromatic ring is 1. The van der Waals surface area contributed by atoms with Crippen LogP contribution in [0.25, 0.3) is 0 Å². The fourth-order valence-electron chi connectivity index (χ4n) is 2.65. The molecule has 0 fully saturated rings. The zero-order chi connectivity index (χ0) is 16.7. The molecule has 1 aromatic carbocycles. The molecule has 0 saturated heterocycles. The Bertz CT molecular complexity index is 831. The predicted molar refractivity (Wildman–Crippen MR) is 95.7 cm³/mol. The highest BCUT2D eigenvalue weighted by molar-refractivity contribution is 6.30. The molecule has 1 aromatic heterocycles. The average Bonchev–Trinajstić information content (AvgIpc) is 2.83. The maximum atomic E-state index is 12.7. The van der Waals surface area contributed by atoms with E-state index in [0.29, 0.717) is 10.6 Å². The number of nitrogens with zero attached hydrogens (tertiary/aromatic N) is 3. The van der Waals surface area contributed by atoms with Crippen LogP contribution in [0.4, 0.5) is 5.95 Å².